The Morgan fingerprint density at radius 2 is 1.88 bits per heavy atom. The van der Waals surface area contributed by atoms with Crippen LogP contribution in [0.4, 0.5) is 5.82 Å². The van der Waals surface area contributed by atoms with Gasteiger partial charge in [0.2, 0.25) is 0 Å². The maximum absolute atomic E-state index is 11.7. The number of benzene rings is 1. The van der Waals surface area contributed by atoms with Gasteiger partial charge in [0.05, 0.1) is 11.9 Å². The molecule has 5 nitrogen and oxygen atoms in total. The lowest BCUT2D eigenvalue weighted by atomic mass is 10.3. The average molecular weight is 271 g/mol. The van der Waals surface area contributed by atoms with Gasteiger partial charge in [0.1, 0.15) is 0 Å². The zero-order valence-electron chi connectivity index (χ0n) is 8.82. The molecule has 0 aliphatic heterocycles. The molecule has 1 N–H and O–H groups in total. The van der Waals surface area contributed by atoms with Crippen molar-refractivity contribution in [2.24, 2.45) is 0 Å². The largest absolute Gasteiger partial charge is 0.372 e. The van der Waals surface area contributed by atoms with Crippen LogP contribution in [-0.2, 0) is 0 Å². The van der Waals surface area contributed by atoms with E-state index >= 15 is 0 Å². The van der Waals surface area contributed by atoms with Crippen LogP contribution in [0.3, 0.4) is 0 Å². The summed E-state index contributed by atoms with van der Waals surface area (Å²) in [6, 6.07) is 4.75. The summed E-state index contributed by atoms with van der Waals surface area (Å²) in [4.78, 5) is 15.5. The number of rotatable bonds is 2. The molecule has 0 atom stereocenters. The summed E-state index contributed by atoms with van der Waals surface area (Å²) in [5.41, 5.74) is -0.0298. The predicted molar refractivity (Wildman–Crippen MR) is 67.2 cm³/mol. The highest BCUT2D eigenvalue weighted by molar-refractivity contribution is 6.34. The van der Waals surface area contributed by atoms with Crippen molar-refractivity contribution in [2.45, 2.75) is 0 Å². The fourth-order valence-electron chi connectivity index (χ4n) is 1.30. The number of aromatic nitrogens is 3. The summed E-state index contributed by atoms with van der Waals surface area (Å²) in [5.74, 6) is 0.402. The number of hydrogen-bond donors (Lipinski definition) is 1. The molecule has 17 heavy (non-hydrogen) atoms. The van der Waals surface area contributed by atoms with Crippen molar-refractivity contribution >= 4 is 29.0 Å². The highest BCUT2D eigenvalue weighted by Crippen LogP contribution is 2.20. The topological polar surface area (TPSA) is 59.8 Å². The van der Waals surface area contributed by atoms with Gasteiger partial charge in [0, 0.05) is 17.1 Å². The molecule has 1 aromatic carbocycles. The van der Waals surface area contributed by atoms with Gasteiger partial charge < -0.3 is 5.32 Å². The first kappa shape index (κ1) is 11.9. The maximum Gasteiger partial charge on any atom is 0.370 e. The van der Waals surface area contributed by atoms with Gasteiger partial charge >= 0.3 is 5.69 Å². The first-order valence-corrected chi connectivity index (χ1v) is 5.46. The maximum atomic E-state index is 11.7. The van der Waals surface area contributed by atoms with Crippen molar-refractivity contribution in [3.63, 3.8) is 0 Å². The van der Waals surface area contributed by atoms with E-state index in [1.165, 1.54) is 6.20 Å². The molecule has 2 rings (SSSR count). The van der Waals surface area contributed by atoms with Crippen LogP contribution >= 0.6 is 23.2 Å². The molecule has 0 bridgehead atoms. The van der Waals surface area contributed by atoms with Gasteiger partial charge in [-0.1, -0.05) is 23.2 Å². The molecule has 0 saturated heterocycles. The number of hydrogen-bond acceptors (Lipinski definition) is 4. The molecular formula is C10H8Cl2N4O. The van der Waals surface area contributed by atoms with Crippen molar-refractivity contribution in [3.8, 4) is 5.69 Å². The third-order valence-corrected chi connectivity index (χ3v) is 2.48. The minimum atomic E-state index is -0.504. The van der Waals surface area contributed by atoms with E-state index < -0.39 is 5.69 Å². The smallest absolute Gasteiger partial charge is 0.370 e. The van der Waals surface area contributed by atoms with E-state index in [1.54, 1.807) is 25.2 Å². The van der Waals surface area contributed by atoms with Crippen molar-refractivity contribution in [2.75, 3.05) is 12.4 Å². The quantitative estimate of drug-likeness (QED) is 0.907. The molecular weight excluding hydrogens is 263 g/mol. The lowest BCUT2D eigenvalue weighted by Gasteiger charge is -2.05. The summed E-state index contributed by atoms with van der Waals surface area (Å²) in [6.45, 7) is 0. The first-order valence-electron chi connectivity index (χ1n) is 4.71. The number of nitrogens with one attached hydrogen (secondary N) is 1. The van der Waals surface area contributed by atoms with Crippen molar-refractivity contribution in [3.05, 3.63) is 44.9 Å². The van der Waals surface area contributed by atoms with E-state index in [2.05, 4.69) is 15.4 Å². The molecule has 0 spiro atoms. The summed E-state index contributed by atoms with van der Waals surface area (Å²) in [5, 5.41) is 7.55. The van der Waals surface area contributed by atoms with E-state index in [1.807, 2.05) is 0 Å². The molecule has 2 aromatic rings. The predicted octanol–water partition coefficient (Wildman–Crippen LogP) is 1.98. The minimum absolute atomic E-state index is 0.402. The number of nitrogens with zero attached hydrogens (tertiary/aromatic N) is 3. The van der Waals surface area contributed by atoms with Crippen LogP contribution < -0.4 is 11.0 Å². The summed E-state index contributed by atoms with van der Waals surface area (Å²) < 4.78 is 1.12. The van der Waals surface area contributed by atoms with E-state index in [4.69, 9.17) is 23.2 Å². The second kappa shape index (κ2) is 4.73. The molecule has 0 aliphatic carbocycles. The van der Waals surface area contributed by atoms with Gasteiger partial charge in [-0.15, -0.1) is 0 Å². The Morgan fingerprint density at radius 3 is 2.41 bits per heavy atom. The van der Waals surface area contributed by atoms with Crippen molar-refractivity contribution in [1.82, 2.24) is 14.8 Å². The fraction of sp³-hybridized carbons (Fsp3) is 0.100. The highest BCUT2D eigenvalue weighted by Gasteiger charge is 2.05. The van der Waals surface area contributed by atoms with E-state index in [9.17, 15) is 4.79 Å². The molecule has 0 amide bonds. The van der Waals surface area contributed by atoms with Gasteiger partial charge in [-0.25, -0.2) is 4.79 Å². The van der Waals surface area contributed by atoms with Crippen molar-refractivity contribution < 1.29 is 0 Å². The number of halogens is 2. The standard InChI is InChI=1S/C10H8Cl2N4O/c1-13-9-5-14-16(10(17)15-9)8-3-6(11)2-7(12)4-8/h2-5H,1H3,(H,13,15,17). The Morgan fingerprint density at radius 1 is 1.24 bits per heavy atom. The average Bonchev–Trinajstić information content (AvgIpc) is 2.27. The molecule has 0 fully saturated rings. The van der Waals surface area contributed by atoms with Gasteiger partial charge in [-0.3, -0.25) is 0 Å². The monoisotopic (exact) mass is 270 g/mol. The molecule has 0 saturated carbocycles. The van der Waals surface area contributed by atoms with Crippen LogP contribution in [-0.4, -0.2) is 21.8 Å². The van der Waals surface area contributed by atoms with E-state index in [0.717, 1.165) is 4.68 Å². The third kappa shape index (κ3) is 2.57. The molecule has 1 aromatic heterocycles. The Balaban J connectivity index is 2.57. The van der Waals surface area contributed by atoms with Crippen LogP contribution in [0.5, 0.6) is 0 Å². The first-order chi connectivity index (χ1) is 8.10. The minimum Gasteiger partial charge on any atom is -0.372 e. The Bertz CT molecular complexity index is 591. The zero-order chi connectivity index (χ0) is 12.4. The molecule has 0 radical (unpaired) electrons. The van der Waals surface area contributed by atoms with Crippen LogP contribution in [0.25, 0.3) is 5.69 Å². The highest BCUT2D eigenvalue weighted by atomic mass is 35.5. The summed E-state index contributed by atoms with van der Waals surface area (Å²) >= 11 is 11.7. The van der Waals surface area contributed by atoms with Gasteiger partial charge in [-0.05, 0) is 18.2 Å². The molecule has 0 unspecified atom stereocenters. The van der Waals surface area contributed by atoms with Crippen LogP contribution in [0.2, 0.25) is 10.0 Å². The van der Waals surface area contributed by atoms with E-state index in [-0.39, 0.29) is 0 Å². The van der Waals surface area contributed by atoms with Crippen LogP contribution in [0.15, 0.2) is 29.2 Å². The summed E-state index contributed by atoms with van der Waals surface area (Å²) in [7, 11) is 1.66. The van der Waals surface area contributed by atoms with E-state index in [0.29, 0.717) is 21.6 Å². The lowest BCUT2D eigenvalue weighted by Crippen LogP contribution is -2.24. The third-order valence-electron chi connectivity index (χ3n) is 2.04. The molecule has 7 heteroatoms. The lowest BCUT2D eigenvalue weighted by molar-refractivity contribution is 0.765. The van der Waals surface area contributed by atoms with Gasteiger partial charge in [-0.2, -0.15) is 14.8 Å². The Kier molecular flexibility index (Phi) is 3.31. The molecule has 0 aliphatic rings. The normalized spacial score (nSPS) is 10.3. The number of anilines is 1. The zero-order valence-corrected chi connectivity index (χ0v) is 10.3. The van der Waals surface area contributed by atoms with Crippen molar-refractivity contribution in [1.29, 1.82) is 0 Å². The molecule has 88 valence electrons. The fourth-order valence-corrected chi connectivity index (χ4v) is 1.81. The Labute approximate surface area is 107 Å². The van der Waals surface area contributed by atoms with Gasteiger partial charge in [0.15, 0.2) is 5.82 Å². The van der Waals surface area contributed by atoms with Gasteiger partial charge in [0.25, 0.3) is 0 Å². The Hall–Kier alpha value is -1.59. The second-order valence-corrected chi connectivity index (χ2v) is 4.09. The van der Waals surface area contributed by atoms with Crippen LogP contribution in [0.1, 0.15) is 0 Å². The molecule has 1 heterocycles. The van der Waals surface area contributed by atoms with Crippen LogP contribution in [0, 0.1) is 0 Å². The SMILES string of the molecule is CNc1cnn(-c2cc(Cl)cc(Cl)c2)c(=O)n1. The summed E-state index contributed by atoms with van der Waals surface area (Å²) in [6.07, 6.45) is 1.44. The second-order valence-electron chi connectivity index (χ2n) is 3.21.